The number of hydrogen-bond donors (Lipinski definition) is 1. The standard InChI is InChI=1S/C16H17N7O2S/c24-14(18-10-13-20-19-12-2-1-8-23(12)13)5-9-26-16-22-21-15(25-16)11-3-6-17-7-4-11/h3-4,6-7H,1-2,5,8-10H2,(H,18,24). The maximum absolute atomic E-state index is 12.0. The minimum absolute atomic E-state index is 0.0401. The van der Waals surface area contributed by atoms with Gasteiger partial charge in [-0.2, -0.15) is 0 Å². The molecule has 1 amide bonds. The Bertz CT molecular complexity index is 893. The highest BCUT2D eigenvalue weighted by Gasteiger charge is 2.17. The summed E-state index contributed by atoms with van der Waals surface area (Å²) in [5, 5.41) is 19.6. The second-order valence-electron chi connectivity index (χ2n) is 5.77. The summed E-state index contributed by atoms with van der Waals surface area (Å²) in [5.41, 5.74) is 0.818. The van der Waals surface area contributed by atoms with Crippen molar-refractivity contribution in [2.24, 2.45) is 0 Å². The van der Waals surface area contributed by atoms with Gasteiger partial charge in [0.15, 0.2) is 5.82 Å². The van der Waals surface area contributed by atoms with E-state index in [1.807, 2.05) is 0 Å². The first-order valence-corrected chi connectivity index (χ1v) is 9.32. The molecule has 10 heteroatoms. The summed E-state index contributed by atoms with van der Waals surface area (Å²) >= 11 is 1.36. The Hall–Kier alpha value is -2.75. The van der Waals surface area contributed by atoms with Crippen molar-refractivity contribution in [1.29, 1.82) is 0 Å². The Labute approximate surface area is 153 Å². The number of fused-ring (bicyclic) bond motifs is 1. The molecule has 26 heavy (non-hydrogen) atoms. The SMILES string of the molecule is O=C(CCSc1nnc(-c2ccncc2)o1)NCc1nnc2n1CCC2. The Kier molecular flexibility index (Phi) is 4.91. The lowest BCUT2D eigenvalue weighted by Gasteiger charge is -2.05. The van der Waals surface area contributed by atoms with Gasteiger partial charge in [-0.15, -0.1) is 20.4 Å². The largest absolute Gasteiger partial charge is 0.411 e. The zero-order chi connectivity index (χ0) is 17.8. The number of amides is 1. The van der Waals surface area contributed by atoms with Crippen molar-refractivity contribution in [3.63, 3.8) is 0 Å². The highest BCUT2D eigenvalue weighted by molar-refractivity contribution is 7.99. The number of nitrogens with zero attached hydrogens (tertiary/aromatic N) is 6. The van der Waals surface area contributed by atoms with Gasteiger partial charge in [-0.05, 0) is 18.6 Å². The van der Waals surface area contributed by atoms with Crippen LogP contribution in [0.25, 0.3) is 11.5 Å². The molecule has 0 bridgehead atoms. The van der Waals surface area contributed by atoms with E-state index in [1.165, 1.54) is 11.8 Å². The topological polar surface area (TPSA) is 112 Å². The fraction of sp³-hybridized carbons (Fsp3) is 0.375. The van der Waals surface area contributed by atoms with E-state index in [2.05, 4.69) is 35.3 Å². The zero-order valence-corrected chi connectivity index (χ0v) is 14.8. The summed E-state index contributed by atoms with van der Waals surface area (Å²) in [6, 6.07) is 3.60. The first-order chi connectivity index (χ1) is 12.8. The molecule has 0 saturated carbocycles. The number of rotatable bonds is 7. The summed E-state index contributed by atoms with van der Waals surface area (Å²) in [7, 11) is 0. The van der Waals surface area contributed by atoms with Crippen LogP contribution in [0.1, 0.15) is 24.5 Å². The molecule has 9 nitrogen and oxygen atoms in total. The number of aromatic nitrogens is 6. The molecule has 0 fully saturated rings. The van der Waals surface area contributed by atoms with Gasteiger partial charge in [-0.1, -0.05) is 11.8 Å². The van der Waals surface area contributed by atoms with Gasteiger partial charge in [0.1, 0.15) is 5.82 Å². The van der Waals surface area contributed by atoms with Crippen LogP contribution in [-0.2, 0) is 24.3 Å². The van der Waals surface area contributed by atoms with Crippen molar-refractivity contribution in [3.05, 3.63) is 36.2 Å². The lowest BCUT2D eigenvalue weighted by atomic mass is 10.3. The van der Waals surface area contributed by atoms with Crippen LogP contribution in [0.15, 0.2) is 34.2 Å². The van der Waals surface area contributed by atoms with Crippen molar-refractivity contribution >= 4 is 17.7 Å². The number of carbonyl (C=O) groups is 1. The summed E-state index contributed by atoms with van der Waals surface area (Å²) in [6.07, 6.45) is 5.75. The van der Waals surface area contributed by atoms with Crippen LogP contribution >= 0.6 is 11.8 Å². The Morgan fingerprint density at radius 2 is 2.12 bits per heavy atom. The second-order valence-corrected chi connectivity index (χ2v) is 6.82. The second kappa shape index (κ2) is 7.65. The first-order valence-electron chi connectivity index (χ1n) is 8.34. The van der Waals surface area contributed by atoms with Gasteiger partial charge >= 0.3 is 0 Å². The van der Waals surface area contributed by atoms with E-state index < -0.39 is 0 Å². The van der Waals surface area contributed by atoms with Crippen molar-refractivity contribution in [3.8, 4) is 11.5 Å². The molecule has 0 unspecified atom stereocenters. The molecule has 0 spiro atoms. The maximum atomic E-state index is 12.0. The fourth-order valence-electron chi connectivity index (χ4n) is 2.72. The third-order valence-corrected chi connectivity index (χ3v) is 4.84. The minimum atomic E-state index is -0.0401. The van der Waals surface area contributed by atoms with E-state index in [9.17, 15) is 4.79 Å². The zero-order valence-electron chi connectivity index (χ0n) is 14.0. The van der Waals surface area contributed by atoms with Gasteiger partial charge in [-0.3, -0.25) is 9.78 Å². The van der Waals surface area contributed by atoms with Crippen molar-refractivity contribution in [2.75, 3.05) is 5.75 Å². The molecule has 0 aromatic carbocycles. The van der Waals surface area contributed by atoms with Crippen LogP contribution in [0.3, 0.4) is 0 Å². The van der Waals surface area contributed by atoms with Gasteiger partial charge in [0.25, 0.3) is 5.22 Å². The predicted molar refractivity (Wildman–Crippen MR) is 93.1 cm³/mol. The Morgan fingerprint density at radius 3 is 3.00 bits per heavy atom. The third kappa shape index (κ3) is 3.74. The normalized spacial score (nSPS) is 12.9. The molecule has 1 N–H and O–H groups in total. The predicted octanol–water partition coefficient (Wildman–Crippen LogP) is 1.47. The molecule has 3 aromatic rings. The molecule has 1 aliphatic rings. The molecule has 0 aliphatic carbocycles. The van der Waals surface area contributed by atoms with E-state index in [1.54, 1.807) is 24.5 Å². The molecule has 134 valence electrons. The van der Waals surface area contributed by atoms with E-state index in [0.717, 1.165) is 36.6 Å². The van der Waals surface area contributed by atoms with Gasteiger partial charge in [0.2, 0.25) is 11.8 Å². The van der Waals surface area contributed by atoms with Crippen LogP contribution in [0.4, 0.5) is 0 Å². The average molecular weight is 371 g/mol. The van der Waals surface area contributed by atoms with Gasteiger partial charge in [0.05, 0.1) is 6.54 Å². The van der Waals surface area contributed by atoms with Gasteiger partial charge in [-0.25, -0.2) is 0 Å². The summed E-state index contributed by atoms with van der Waals surface area (Å²) in [6.45, 7) is 1.34. The fourth-order valence-corrected chi connectivity index (χ4v) is 3.42. The van der Waals surface area contributed by atoms with Crippen LogP contribution < -0.4 is 5.32 Å². The minimum Gasteiger partial charge on any atom is -0.411 e. The summed E-state index contributed by atoms with van der Waals surface area (Å²) < 4.78 is 7.66. The first kappa shape index (κ1) is 16.7. The van der Waals surface area contributed by atoms with Gasteiger partial charge in [0, 0.05) is 43.1 Å². The molecule has 1 aliphatic heterocycles. The third-order valence-electron chi connectivity index (χ3n) is 4.02. The number of nitrogens with one attached hydrogen (secondary N) is 1. The molecular weight excluding hydrogens is 354 g/mol. The van der Waals surface area contributed by atoms with Crippen molar-refractivity contribution < 1.29 is 9.21 Å². The number of thioether (sulfide) groups is 1. The van der Waals surface area contributed by atoms with Crippen molar-refractivity contribution in [2.45, 2.75) is 37.6 Å². The smallest absolute Gasteiger partial charge is 0.276 e. The molecule has 0 atom stereocenters. The summed E-state index contributed by atoms with van der Waals surface area (Å²) in [5.74, 6) is 2.78. The lowest BCUT2D eigenvalue weighted by molar-refractivity contribution is -0.120. The highest BCUT2D eigenvalue weighted by Crippen LogP contribution is 2.22. The quantitative estimate of drug-likeness (QED) is 0.622. The van der Waals surface area contributed by atoms with E-state index in [4.69, 9.17) is 4.42 Å². The van der Waals surface area contributed by atoms with E-state index in [-0.39, 0.29) is 5.91 Å². The molecule has 3 aromatic heterocycles. The lowest BCUT2D eigenvalue weighted by Crippen LogP contribution is -2.24. The number of pyridine rings is 1. The van der Waals surface area contributed by atoms with Crippen molar-refractivity contribution in [1.82, 2.24) is 35.3 Å². The molecular formula is C16H17N7O2S. The molecule has 4 rings (SSSR count). The average Bonchev–Trinajstić information content (AvgIpc) is 3.38. The van der Waals surface area contributed by atoms with Gasteiger partial charge < -0.3 is 14.3 Å². The highest BCUT2D eigenvalue weighted by atomic mass is 32.2. The van der Waals surface area contributed by atoms with Crippen LogP contribution in [0.5, 0.6) is 0 Å². The van der Waals surface area contributed by atoms with Crippen LogP contribution in [0, 0.1) is 0 Å². The molecule has 4 heterocycles. The maximum Gasteiger partial charge on any atom is 0.276 e. The monoisotopic (exact) mass is 371 g/mol. The number of aryl methyl sites for hydroxylation is 1. The van der Waals surface area contributed by atoms with E-state index in [0.29, 0.717) is 29.8 Å². The van der Waals surface area contributed by atoms with Crippen LogP contribution in [0.2, 0.25) is 0 Å². The van der Waals surface area contributed by atoms with E-state index >= 15 is 0 Å². The molecule has 0 radical (unpaired) electrons. The summed E-state index contributed by atoms with van der Waals surface area (Å²) in [4.78, 5) is 16.0. The Morgan fingerprint density at radius 1 is 1.23 bits per heavy atom. The number of hydrogen-bond acceptors (Lipinski definition) is 8. The molecule has 0 saturated heterocycles. The number of carbonyl (C=O) groups excluding carboxylic acids is 1. The Balaban J connectivity index is 1.22. The van der Waals surface area contributed by atoms with Crippen LogP contribution in [-0.4, -0.2) is 41.6 Å².